The topological polar surface area (TPSA) is 111 Å². The summed E-state index contributed by atoms with van der Waals surface area (Å²) in [5.74, 6) is 0.894. The van der Waals surface area contributed by atoms with Crippen LogP contribution in [0.25, 0.3) is 0 Å². The first-order valence-corrected chi connectivity index (χ1v) is 11.2. The fraction of sp³-hybridized carbons (Fsp3) is 0.350. The Hall–Kier alpha value is -2.92. The quantitative estimate of drug-likeness (QED) is 0.497. The number of hydrogen-bond donors (Lipinski definition) is 2. The molecule has 2 heterocycles. The van der Waals surface area contributed by atoms with E-state index in [1.165, 1.54) is 23.1 Å². The number of anilines is 1. The zero-order valence-corrected chi connectivity index (χ0v) is 19.6. The Labute approximate surface area is 188 Å². The predicted molar refractivity (Wildman–Crippen MR) is 121 cm³/mol. The van der Waals surface area contributed by atoms with Gasteiger partial charge in [-0.2, -0.15) is 0 Å². The van der Waals surface area contributed by atoms with Gasteiger partial charge in [-0.05, 0) is 45.0 Å². The van der Waals surface area contributed by atoms with Crippen molar-refractivity contribution in [3.05, 3.63) is 46.2 Å². The lowest BCUT2D eigenvalue weighted by molar-refractivity contribution is -0.115. The van der Waals surface area contributed by atoms with Crippen LogP contribution < -0.4 is 15.4 Å². The van der Waals surface area contributed by atoms with E-state index in [-0.39, 0.29) is 18.4 Å². The second-order valence-electron chi connectivity index (χ2n) is 6.78. The van der Waals surface area contributed by atoms with E-state index >= 15 is 0 Å². The molecule has 0 aliphatic rings. The number of amides is 2. The number of nitrogens with zero attached hydrogens (tertiary/aromatic N) is 4. The summed E-state index contributed by atoms with van der Waals surface area (Å²) in [5.41, 5.74) is 1.44. The molecule has 2 N–H and O–H groups in total. The highest BCUT2D eigenvalue weighted by molar-refractivity contribution is 8.00. The molecule has 2 amide bonds. The molecular weight excluding hydrogens is 436 g/mol. The summed E-state index contributed by atoms with van der Waals surface area (Å²) in [6, 6.07) is 6.84. The maximum Gasteiger partial charge on any atom is 0.251 e. The molecule has 31 heavy (non-hydrogen) atoms. The van der Waals surface area contributed by atoms with Gasteiger partial charge in [-0.1, -0.05) is 11.8 Å². The van der Waals surface area contributed by atoms with Gasteiger partial charge in [0.2, 0.25) is 5.91 Å². The van der Waals surface area contributed by atoms with Crippen LogP contribution in [0, 0.1) is 13.8 Å². The lowest BCUT2D eigenvalue weighted by Crippen LogP contribution is -2.24. The van der Waals surface area contributed by atoms with Crippen molar-refractivity contribution in [2.24, 2.45) is 7.05 Å². The van der Waals surface area contributed by atoms with Gasteiger partial charge in [0.25, 0.3) is 5.91 Å². The number of rotatable bonds is 8. The van der Waals surface area contributed by atoms with Crippen molar-refractivity contribution < 1.29 is 14.3 Å². The molecule has 11 heteroatoms. The molecule has 2 aromatic heterocycles. The third kappa shape index (κ3) is 5.61. The third-order valence-corrected chi connectivity index (χ3v) is 6.72. The number of ether oxygens (including phenoxy) is 1. The molecule has 0 radical (unpaired) electrons. The van der Waals surface area contributed by atoms with Gasteiger partial charge in [-0.3, -0.25) is 9.59 Å². The number of benzene rings is 1. The number of thiazole rings is 1. The molecule has 0 aliphatic heterocycles. The molecule has 0 aliphatic carbocycles. The number of methoxy groups -OCH3 is 1. The smallest absolute Gasteiger partial charge is 0.251 e. The minimum atomic E-state index is -0.394. The Bertz CT molecular complexity index is 1060. The number of hydrogen-bond acceptors (Lipinski definition) is 8. The fourth-order valence-corrected chi connectivity index (χ4v) is 4.20. The van der Waals surface area contributed by atoms with Gasteiger partial charge in [-0.25, -0.2) is 4.98 Å². The summed E-state index contributed by atoms with van der Waals surface area (Å²) in [6.07, 6.45) is 0. The minimum Gasteiger partial charge on any atom is -0.497 e. The van der Waals surface area contributed by atoms with Crippen LogP contribution in [-0.4, -0.2) is 43.9 Å². The summed E-state index contributed by atoms with van der Waals surface area (Å²) in [7, 11) is 3.37. The van der Waals surface area contributed by atoms with Gasteiger partial charge in [-0.15, -0.1) is 21.5 Å². The summed E-state index contributed by atoms with van der Waals surface area (Å²) in [6.45, 7) is 5.89. The Morgan fingerprint density at radius 2 is 1.94 bits per heavy atom. The van der Waals surface area contributed by atoms with Gasteiger partial charge < -0.3 is 19.9 Å². The van der Waals surface area contributed by atoms with Crippen molar-refractivity contribution in [2.75, 3.05) is 12.4 Å². The van der Waals surface area contributed by atoms with Crippen molar-refractivity contribution in [2.45, 2.75) is 37.7 Å². The van der Waals surface area contributed by atoms with E-state index in [4.69, 9.17) is 4.74 Å². The van der Waals surface area contributed by atoms with Gasteiger partial charge in [0.15, 0.2) is 16.1 Å². The van der Waals surface area contributed by atoms with Crippen LogP contribution in [0.5, 0.6) is 5.75 Å². The molecule has 0 bridgehead atoms. The SMILES string of the molecule is COc1ccc(C(=O)NCc2nnc(SC(C)C(=O)Nc3nc(C)c(C)s3)n2C)cc1. The Balaban J connectivity index is 1.56. The largest absolute Gasteiger partial charge is 0.497 e. The Morgan fingerprint density at radius 3 is 2.55 bits per heavy atom. The lowest BCUT2D eigenvalue weighted by Gasteiger charge is -2.10. The lowest BCUT2D eigenvalue weighted by atomic mass is 10.2. The molecule has 3 aromatic rings. The fourth-order valence-electron chi connectivity index (χ4n) is 2.55. The molecule has 9 nitrogen and oxygen atoms in total. The van der Waals surface area contributed by atoms with Gasteiger partial charge in [0, 0.05) is 17.5 Å². The average Bonchev–Trinajstić information content (AvgIpc) is 3.26. The van der Waals surface area contributed by atoms with Crippen LogP contribution in [0.15, 0.2) is 29.4 Å². The van der Waals surface area contributed by atoms with Crippen LogP contribution in [0.1, 0.15) is 33.7 Å². The summed E-state index contributed by atoms with van der Waals surface area (Å²) in [4.78, 5) is 30.2. The van der Waals surface area contributed by atoms with Gasteiger partial charge in [0.1, 0.15) is 5.75 Å². The molecule has 0 spiro atoms. The number of aromatic nitrogens is 4. The molecular formula is C20H24N6O3S2. The van der Waals surface area contributed by atoms with E-state index < -0.39 is 5.25 Å². The molecule has 0 fully saturated rings. The van der Waals surface area contributed by atoms with E-state index in [0.717, 1.165) is 10.6 Å². The second kappa shape index (κ2) is 9.92. The standard InChI is InChI=1S/C20H24N6O3S2/c1-11-12(2)30-19(22-11)23-17(27)13(3)31-20-25-24-16(26(20)4)10-21-18(28)14-6-8-15(29-5)9-7-14/h6-9,13H,10H2,1-5H3,(H,21,28)(H,22,23,27). The Morgan fingerprint density at radius 1 is 1.23 bits per heavy atom. The number of thioether (sulfide) groups is 1. The van der Waals surface area contributed by atoms with Crippen molar-refractivity contribution in [3.8, 4) is 5.75 Å². The van der Waals surface area contributed by atoms with Crippen LogP contribution in [0.2, 0.25) is 0 Å². The van der Waals surface area contributed by atoms with Crippen molar-refractivity contribution >= 4 is 40.0 Å². The van der Waals surface area contributed by atoms with Gasteiger partial charge >= 0.3 is 0 Å². The maximum atomic E-state index is 12.5. The molecule has 0 saturated carbocycles. The van der Waals surface area contributed by atoms with Crippen molar-refractivity contribution in [1.29, 1.82) is 0 Å². The minimum absolute atomic E-state index is 0.156. The van der Waals surface area contributed by atoms with Crippen molar-refractivity contribution in [3.63, 3.8) is 0 Å². The molecule has 1 unspecified atom stereocenters. The highest BCUT2D eigenvalue weighted by Gasteiger charge is 2.20. The summed E-state index contributed by atoms with van der Waals surface area (Å²) < 4.78 is 6.86. The monoisotopic (exact) mass is 460 g/mol. The van der Waals surface area contributed by atoms with E-state index in [0.29, 0.717) is 27.4 Å². The first kappa shape index (κ1) is 22.8. The van der Waals surface area contributed by atoms with Crippen LogP contribution >= 0.6 is 23.1 Å². The van der Waals surface area contributed by atoms with Crippen LogP contribution in [0.4, 0.5) is 5.13 Å². The van der Waals surface area contributed by atoms with Crippen LogP contribution in [0.3, 0.4) is 0 Å². The highest BCUT2D eigenvalue weighted by Crippen LogP contribution is 2.25. The van der Waals surface area contributed by atoms with E-state index in [1.807, 2.05) is 13.8 Å². The second-order valence-corrected chi connectivity index (χ2v) is 9.29. The van der Waals surface area contributed by atoms with Crippen molar-refractivity contribution in [1.82, 2.24) is 25.1 Å². The normalized spacial score (nSPS) is 11.8. The van der Waals surface area contributed by atoms with E-state index in [2.05, 4.69) is 25.8 Å². The number of carbonyl (C=O) groups is 2. The maximum absolute atomic E-state index is 12.5. The highest BCUT2D eigenvalue weighted by atomic mass is 32.2. The average molecular weight is 461 g/mol. The van der Waals surface area contributed by atoms with Crippen LogP contribution in [-0.2, 0) is 18.4 Å². The Kier molecular flexibility index (Phi) is 7.29. The van der Waals surface area contributed by atoms with E-state index in [1.54, 1.807) is 49.9 Å². The number of aryl methyl sites for hydroxylation is 2. The molecule has 0 saturated heterocycles. The van der Waals surface area contributed by atoms with Gasteiger partial charge in [0.05, 0.1) is 24.6 Å². The number of carbonyl (C=O) groups excluding carboxylic acids is 2. The summed E-state index contributed by atoms with van der Waals surface area (Å²) >= 11 is 2.74. The van der Waals surface area contributed by atoms with E-state index in [9.17, 15) is 9.59 Å². The zero-order chi connectivity index (χ0) is 22.5. The zero-order valence-electron chi connectivity index (χ0n) is 17.9. The predicted octanol–water partition coefficient (Wildman–Crippen LogP) is 2.95. The molecule has 164 valence electrons. The molecule has 1 atom stereocenters. The third-order valence-electron chi connectivity index (χ3n) is 4.59. The first-order chi connectivity index (χ1) is 14.8. The first-order valence-electron chi connectivity index (χ1n) is 9.50. The number of nitrogens with one attached hydrogen (secondary N) is 2. The summed E-state index contributed by atoms with van der Waals surface area (Å²) in [5, 5.41) is 14.7. The molecule has 3 rings (SSSR count). The molecule has 1 aromatic carbocycles.